The minimum Gasteiger partial charge on any atom is -0.409 e. The largest absolute Gasteiger partial charge is 0.409 e. The van der Waals surface area contributed by atoms with Gasteiger partial charge in [-0.05, 0) is 23.0 Å². The monoisotopic (exact) mass is 275 g/mol. The van der Waals surface area contributed by atoms with E-state index in [0.29, 0.717) is 11.1 Å². The van der Waals surface area contributed by atoms with Gasteiger partial charge in [-0.1, -0.05) is 45.0 Å². The van der Waals surface area contributed by atoms with Crippen molar-refractivity contribution in [1.29, 1.82) is 0 Å². The molecule has 1 aliphatic carbocycles. The van der Waals surface area contributed by atoms with E-state index in [-0.39, 0.29) is 28.6 Å². The average molecular weight is 275 g/mol. The van der Waals surface area contributed by atoms with Crippen LogP contribution < -0.4 is 11.1 Å². The highest BCUT2D eigenvalue weighted by atomic mass is 16.4. The molecule has 108 valence electrons. The van der Waals surface area contributed by atoms with Crippen molar-refractivity contribution < 1.29 is 10.0 Å². The molecule has 0 saturated heterocycles. The molecule has 2 rings (SSSR count). The van der Waals surface area contributed by atoms with Crippen LogP contribution in [0.2, 0.25) is 0 Å². The van der Waals surface area contributed by atoms with Crippen molar-refractivity contribution in [2.45, 2.75) is 33.7 Å². The van der Waals surface area contributed by atoms with Crippen LogP contribution in [0.5, 0.6) is 0 Å². The molecule has 1 fully saturated rings. The second kappa shape index (κ2) is 4.51. The zero-order valence-electron chi connectivity index (χ0n) is 12.3. The molecule has 1 aliphatic rings. The van der Waals surface area contributed by atoms with Gasteiger partial charge < -0.3 is 16.3 Å². The van der Waals surface area contributed by atoms with E-state index in [1.165, 1.54) is 0 Å². The lowest BCUT2D eigenvalue weighted by Gasteiger charge is -2.08. The maximum atomic E-state index is 12.3. The Morgan fingerprint density at radius 3 is 2.30 bits per heavy atom. The quantitative estimate of drug-likeness (QED) is 0.341. The molecule has 1 amide bonds. The van der Waals surface area contributed by atoms with Crippen molar-refractivity contribution in [2.75, 3.05) is 0 Å². The van der Waals surface area contributed by atoms with Crippen LogP contribution in [0.4, 0.5) is 0 Å². The summed E-state index contributed by atoms with van der Waals surface area (Å²) in [4.78, 5) is 12.3. The lowest BCUT2D eigenvalue weighted by Crippen LogP contribution is -2.30. The van der Waals surface area contributed by atoms with Crippen LogP contribution in [0.15, 0.2) is 29.4 Å². The molecular weight excluding hydrogens is 254 g/mol. The van der Waals surface area contributed by atoms with Crippen LogP contribution in [0, 0.1) is 10.8 Å². The Labute approximate surface area is 118 Å². The molecule has 0 aromatic heterocycles. The van der Waals surface area contributed by atoms with Gasteiger partial charge in [0, 0.05) is 17.2 Å². The van der Waals surface area contributed by atoms with Crippen molar-refractivity contribution in [2.24, 2.45) is 21.7 Å². The van der Waals surface area contributed by atoms with E-state index in [1.807, 2.05) is 0 Å². The van der Waals surface area contributed by atoms with E-state index >= 15 is 0 Å². The Hall–Kier alpha value is -2.04. The van der Waals surface area contributed by atoms with Crippen LogP contribution in [-0.4, -0.2) is 23.0 Å². The van der Waals surface area contributed by atoms with Gasteiger partial charge in [-0.2, -0.15) is 0 Å². The van der Waals surface area contributed by atoms with Gasteiger partial charge in [0.05, 0.1) is 0 Å². The number of carbonyl (C=O) groups excluding carboxylic acids is 1. The third kappa shape index (κ3) is 2.13. The first-order chi connectivity index (χ1) is 9.21. The van der Waals surface area contributed by atoms with Crippen molar-refractivity contribution >= 4 is 11.7 Å². The average Bonchev–Trinajstić information content (AvgIpc) is 2.80. The Kier molecular flexibility index (Phi) is 3.24. The predicted octanol–water partition coefficient (Wildman–Crippen LogP) is 1.95. The van der Waals surface area contributed by atoms with Gasteiger partial charge >= 0.3 is 0 Å². The summed E-state index contributed by atoms with van der Waals surface area (Å²) in [6.07, 6.45) is 0. The molecule has 5 nitrogen and oxygen atoms in total. The second-order valence-corrected chi connectivity index (χ2v) is 6.42. The minimum atomic E-state index is -0.138. The predicted molar refractivity (Wildman–Crippen MR) is 77.8 cm³/mol. The fraction of sp³-hybridized carbons (Fsp3) is 0.467. The van der Waals surface area contributed by atoms with Gasteiger partial charge in [0.2, 0.25) is 0 Å². The molecule has 1 saturated carbocycles. The van der Waals surface area contributed by atoms with Crippen LogP contribution in [0.1, 0.15) is 43.6 Å². The summed E-state index contributed by atoms with van der Waals surface area (Å²) in [6, 6.07) is 6.89. The van der Waals surface area contributed by atoms with E-state index in [4.69, 9.17) is 10.9 Å². The van der Waals surface area contributed by atoms with Gasteiger partial charge in [-0.15, -0.1) is 0 Å². The molecule has 0 heterocycles. The van der Waals surface area contributed by atoms with Crippen LogP contribution in [0.25, 0.3) is 0 Å². The van der Waals surface area contributed by atoms with Crippen molar-refractivity contribution in [3.8, 4) is 0 Å². The number of hydrogen-bond donors (Lipinski definition) is 3. The van der Waals surface area contributed by atoms with Crippen LogP contribution >= 0.6 is 0 Å². The van der Waals surface area contributed by atoms with Gasteiger partial charge in [0.25, 0.3) is 5.91 Å². The lowest BCUT2D eigenvalue weighted by atomic mass is 10.0. The number of benzene rings is 1. The van der Waals surface area contributed by atoms with E-state index in [9.17, 15) is 4.79 Å². The summed E-state index contributed by atoms with van der Waals surface area (Å²) in [7, 11) is 0. The van der Waals surface area contributed by atoms with Gasteiger partial charge in [-0.25, -0.2) is 0 Å². The van der Waals surface area contributed by atoms with E-state index in [1.54, 1.807) is 24.3 Å². The Balaban J connectivity index is 2.16. The zero-order valence-corrected chi connectivity index (χ0v) is 12.3. The van der Waals surface area contributed by atoms with Gasteiger partial charge in [0.1, 0.15) is 0 Å². The molecule has 0 aliphatic heterocycles. The molecule has 4 N–H and O–H groups in total. The minimum absolute atomic E-state index is 0.00766. The first kappa shape index (κ1) is 14.4. The molecule has 0 radical (unpaired) electrons. The Morgan fingerprint density at radius 1 is 1.25 bits per heavy atom. The van der Waals surface area contributed by atoms with Crippen LogP contribution in [-0.2, 0) is 0 Å². The fourth-order valence-electron chi connectivity index (χ4n) is 2.65. The van der Waals surface area contributed by atoms with Crippen molar-refractivity contribution in [1.82, 2.24) is 5.32 Å². The summed E-state index contributed by atoms with van der Waals surface area (Å²) < 4.78 is 0. The molecule has 1 aromatic carbocycles. The summed E-state index contributed by atoms with van der Waals surface area (Å²) >= 11 is 0. The van der Waals surface area contributed by atoms with Gasteiger partial charge in [0.15, 0.2) is 5.84 Å². The number of carbonyl (C=O) groups is 1. The fourth-order valence-corrected chi connectivity index (χ4v) is 2.65. The normalized spacial score (nSPS) is 20.5. The number of nitrogens with two attached hydrogens (primary N) is 1. The SMILES string of the molecule is CC1(C)C(NC(=O)c2cccc(C(N)=NO)c2)C1(C)C. The summed E-state index contributed by atoms with van der Waals surface area (Å²) in [5, 5.41) is 14.7. The Morgan fingerprint density at radius 2 is 1.80 bits per heavy atom. The maximum Gasteiger partial charge on any atom is 0.251 e. The number of amidine groups is 1. The van der Waals surface area contributed by atoms with Gasteiger partial charge in [-0.3, -0.25) is 4.79 Å². The highest BCUT2D eigenvalue weighted by molar-refractivity contribution is 6.01. The number of rotatable bonds is 3. The second-order valence-electron chi connectivity index (χ2n) is 6.42. The highest BCUT2D eigenvalue weighted by Gasteiger charge is 2.65. The zero-order chi connectivity index (χ0) is 15.1. The maximum absolute atomic E-state index is 12.3. The third-order valence-corrected chi connectivity index (χ3v) is 4.82. The lowest BCUT2D eigenvalue weighted by molar-refractivity contribution is 0.0943. The number of oxime groups is 1. The van der Waals surface area contributed by atoms with Crippen LogP contribution in [0.3, 0.4) is 0 Å². The standard InChI is InChI=1S/C15H21N3O2/c1-14(2)13(15(14,3)4)17-12(19)10-7-5-6-9(8-10)11(16)18-20/h5-8,13,20H,1-4H3,(H2,16,18)(H,17,19). The summed E-state index contributed by atoms with van der Waals surface area (Å²) in [6.45, 7) is 8.57. The van der Waals surface area contributed by atoms with E-state index in [0.717, 1.165) is 0 Å². The summed E-state index contributed by atoms with van der Waals surface area (Å²) in [5.41, 5.74) is 6.74. The highest BCUT2D eigenvalue weighted by Crippen LogP contribution is 2.62. The molecule has 0 spiro atoms. The number of nitrogens with zero attached hydrogens (tertiary/aromatic N) is 1. The van der Waals surface area contributed by atoms with Crippen molar-refractivity contribution in [3.05, 3.63) is 35.4 Å². The van der Waals surface area contributed by atoms with Crippen molar-refractivity contribution in [3.63, 3.8) is 0 Å². The van der Waals surface area contributed by atoms with E-state index in [2.05, 4.69) is 38.2 Å². The first-order valence-electron chi connectivity index (χ1n) is 6.60. The molecule has 1 aromatic rings. The first-order valence-corrected chi connectivity index (χ1v) is 6.60. The third-order valence-electron chi connectivity index (χ3n) is 4.82. The summed E-state index contributed by atoms with van der Waals surface area (Å²) in [5.74, 6) is -0.145. The van der Waals surface area contributed by atoms with E-state index < -0.39 is 0 Å². The molecule has 5 heteroatoms. The molecule has 20 heavy (non-hydrogen) atoms. The molecule has 0 bridgehead atoms. The molecule has 0 atom stereocenters. The smallest absolute Gasteiger partial charge is 0.251 e. The molecule has 0 unspecified atom stereocenters. The number of hydrogen-bond acceptors (Lipinski definition) is 3. The molecular formula is C15H21N3O2. The Bertz CT molecular complexity index is 562. The topological polar surface area (TPSA) is 87.7 Å². The number of nitrogens with one attached hydrogen (secondary N) is 1. The number of amides is 1.